The molecule has 0 heterocycles. The van der Waals surface area contributed by atoms with Crippen LogP contribution >= 0.6 is 0 Å². The quantitative estimate of drug-likeness (QED) is 0.186. The first kappa shape index (κ1) is 24.6. The molecule has 0 atom stereocenters. The van der Waals surface area contributed by atoms with E-state index in [1.165, 1.54) is 50.7 Å². The number of unbranched alkanes of at least 4 members (excludes halogenated alkanes) is 6. The van der Waals surface area contributed by atoms with E-state index in [2.05, 4.69) is 13.8 Å². The summed E-state index contributed by atoms with van der Waals surface area (Å²) in [5.41, 5.74) is 0. The Bertz CT molecular complexity index is 640. The van der Waals surface area contributed by atoms with Crippen molar-refractivity contribution < 1.29 is 23.0 Å². The Morgan fingerprint density at radius 1 is 0.867 bits per heavy atom. The molecule has 0 N–H and O–H groups in total. The highest BCUT2D eigenvalue weighted by atomic mass is 19.2. The third kappa shape index (κ3) is 7.88. The summed E-state index contributed by atoms with van der Waals surface area (Å²) in [6, 6.07) is 2.64. The first-order chi connectivity index (χ1) is 14.6. The molecule has 0 amide bonds. The molecule has 1 aliphatic rings. The van der Waals surface area contributed by atoms with Crippen molar-refractivity contribution in [2.24, 2.45) is 11.8 Å². The van der Waals surface area contributed by atoms with Gasteiger partial charge in [-0.2, -0.15) is 8.78 Å². The van der Waals surface area contributed by atoms with E-state index in [0.29, 0.717) is 12.5 Å². The van der Waals surface area contributed by atoms with Gasteiger partial charge in [0, 0.05) is 0 Å². The highest BCUT2D eigenvalue weighted by Gasteiger charge is 2.28. The number of carbonyl (C=O) groups excluding carboxylic acids is 1. The minimum Gasteiger partial charge on any atom is -0.490 e. The van der Waals surface area contributed by atoms with Gasteiger partial charge in [0.15, 0.2) is 11.5 Å². The van der Waals surface area contributed by atoms with Gasteiger partial charge in [0.1, 0.15) is 0 Å². The molecule has 1 saturated carbocycles. The molecule has 0 bridgehead atoms. The molecule has 0 radical (unpaired) electrons. The van der Waals surface area contributed by atoms with Gasteiger partial charge in [0.25, 0.3) is 0 Å². The lowest BCUT2D eigenvalue weighted by Gasteiger charge is -2.27. The molecule has 1 aromatic rings. The third-order valence-electron chi connectivity index (χ3n) is 6.12. The van der Waals surface area contributed by atoms with Crippen LogP contribution in [0.15, 0.2) is 12.1 Å². The van der Waals surface area contributed by atoms with Crippen molar-refractivity contribution in [2.75, 3.05) is 6.61 Å². The minimum atomic E-state index is -1.15. The molecule has 0 saturated heterocycles. The molecule has 0 spiro atoms. The van der Waals surface area contributed by atoms with E-state index in [1.54, 1.807) is 0 Å². The monoisotopic (exact) mass is 424 g/mol. The van der Waals surface area contributed by atoms with E-state index >= 15 is 0 Å². The summed E-state index contributed by atoms with van der Waals surface area (Å²) in [4.78, 5) is 12.4. The summed E-state index contributed by atoms with van der Waals surface area (Å²) in [5.74, 6) is -2.73. The van der Waals surface area contributed by atoms with Gasteiger partial charge in [-0.1, -0.05) is 65.2 Å². The maximum Gasteiger partial charge on any atom is 0.314 e. The fourth-order valence-corrected chi connectivity index (χ4v) is 4.14. The molecule has 0 aromatic heterocycles. The molecule has 2 rings (SSSR count). The normalized spacial score (nSPS) is 18.9. The van der Waals surface area contributed by atoms with E-state index < -0.39 is 17.6 Å². The zero-order valence-corrected chi connectivity index (χ0v) is 18.7. The average Bonchev–Trinajstić information content (AvgIpc) is 2.76. The first-order valence-electron chi connectivity index (χ1n) is 11.9. The van der Waals surface area contributed by atoms with Crippen LogP contribution in [0.25, 0.3) is 0 Å². The Hall–Kier alpha value is -1.65. The summed E-state index contributed by atoms with van der Waals surface area (Å²) < 4.78 is 39.3. The SMILES string of the molecule is CCCCCCCCOc1ccc(OC(=O)C2CCC(CCCC)CC2)c(F)c1F. The Morgan fingerprint density at radius 3 is 2.17 bits per heavy atom. The van der Waals surface area contributed by atoms with Gasteiger partial charge in [0.2, 0.25) is 11.6 Å². The molecule has 5 heteroatoms. The average molecular weight is 425 g/mol. The van der Waals surface area contributed by atoms with E-state index in [-0.39, 0.29) is 17.4 Å². The van der Waals surface area contributed by atoms with Crippen LogP contribution in [0.3, 0.4) is 0 Å². The molecule has 0 unspecified atom stereocenters. The van der Waals surface area contributed by atoms with Crippen LogP contribution in [0.5, 0.6) is 11.5 Å². The van der Waals surface area contributed by atoms with Crippen molar-refractivity contribution in [3.8, 4) is 11.5 Å². The van der Waals surface area contributed by atoms with Crippen molar-refractivity contribution in [3.05, 3.63) is 23.8 Å². The lowest BCUT2D eigenvalue weighted by atomic mass is 9.80. The molecule has 1 fully saturated rings. The van der Waals surface area contributed by atoms with Gasteiger partial charge in [-0.25, -0.2) is 0 Å². The molecule has 0 aliphatic heterocycles. The number of carbonyl (C=O) groups is 1. The van der Waals surface area contributed by atoms with E-state index in [0.717, 1.165) is 44.9 Å². The number of esters is 1. The van der Waals surface area contributed by atoms with Crippen molar-refractivity contribution >= 4 is 5.97 Å². The zero-order valence-electron chi connectivity index (χ0n) is 18.7. The van der Waals surface area contributed by atoms with E-state index in [9.17, 15) is 13.6 Å². The van der Waals surface area contributed by atoms with Crippen molar-refractivity contribution in [1.82, 2.24) is 0 Å². The van der Waals surface area contributed by atoms with Gasteiger partial charge in [0.05, 0.1) is 12.5 Å². The highest BCUT2D eigenvalue weighted by molar-refractivity contribution is 5.75. The number of benzene rings is 1. The maximum absolute atomic E-state index is 14.4. The van der Waals surface area contributed by atoms with Gasteiger partial charge >= 0.3 is 5.97 Å². The fourth-order valence-electron chi connectivity index (χ4n) is 4.14. The Balaban J connectivity index is 1.78. The lowest BCUT2D eigenvalue weighted by molar-refractivity contribution is -0.140. The largest absolute Gasteiger partial charge is 0.490 e. The zero-order chi connectivity index (χ0) is 21.8. The van der Waals surface area contributed by atoms with Crippen molar-refractivity contribution in [3.63, 3.8) is 0 Å². The minimum absolute atomic E-state index is 0.128. The van der Waals surface area contributed by atoms with Crippen LogP contribution < -0.4 is 9.47 Å². The number of ether oxygens (including phenoxy) is 2. The second-order valence-corrected chi connectivity index (χ2v) is 8.59. The molecule has 170 valence electrons. The Labute approximate surface area is 180 Å². The van der Waals surface area contributed by atoms with Gasteiger partial charge in [-0.05, 0) is 50.2 Å². The molecular formula is C25H38F2O3. The summed E-state index contributed by atoms with van der Waals surface area (Å²) in [6.07, 6.45) is 13.7. The summed E-state index contributed by atoms with van der Waals surface area (Å²) in [5, 5.41) is 0. The second-order valence-electron chi connectivity index (χ2n) is 8.59. The number of halogens is 2. The van der Waals surface area contributed by atoms with Gasteiger partial charge < -0.3 is 9.47 Å². The van der Waals surface area contributed by atoms with E-state index in [4.69, 9.17) is 9.47 Å². The molecule has 3 nitrogen and oxygen atoms in total. The molecule has 1 aromatic carbocycles. The Morgan fingerprint density at radius 2 is 1.47 bits per heavy atom. The molecular weight excluding hydrogens is 386 g/mol. The lowest BCUT2D eigenvalue weighted by Crippen LogP contribution is -2.26. The second kappa shape index (κ2) is 13.6. The van der Waals surface area contributed by atoms with Crippen LogP contribution in [0, 0.1) is 23.5 Å². The smallest absolute Gasteiger partial charge is 0.314 e. The first-order valence-corrected chi connectivity index (χ1v) is 11.9. The van der Waals surface area contributed by atoms with Crippen molar-refractivity contribution in [2.45, 2.75) is 97.3 Å². The number of hydrogen-bond acceptors (Lipinski definition) is 3. The fraction of sp³-hybridized carbons (Fsp3) is 0.720. The van der Waals surface area contributed by atoms with Crippen LogP contribution in [0.4, 0.5) is 8.78 Å². The van der Waals surface area contributed by atoms with Crippen LogP contribution in [0.2, 0.25) is 0 Å². The summed E-state index contributed by atoms with van der Waals surface area (Å²) in [7, 11) is 0. The number of rotatable bonds is 13. The summed E-state index contributed by atoms with van der Waals surface area (Å²) in [6.45, 7) is 4.70. The molecule has 30 heavy (non-hydrogen) atoms. The van der Waals surface area contributed by atoms with Gasteiger partial charge in [-0.15, -0.1) is 0 Å². The van der Waals surface area contributed by atoms with Gasteiger partial charge in [-0.3, -0.25) is 4.79 Å². The van der Waals surface area contributed by atoms with Crippen LogP contribution in [-0.4, -0.2) is 12.6 Å². The summed E-state index contributed by atoms with van der Waals surface area (Å²) >= 11 is 0. The highest BCUT2D eigenvalue weighted by Crippen LogP contribution is 2.34. The standard InChI is InChI=1S/C25H38F2O3/c1-3-5-7-8-9-10-18-29-21-16-17-22(24(27)23(21)26)30-25(28)20-14-12-19(13-15-20)11-6-4-2/h16-17,19-20H,3-15,18H2,1-2H3. The Kier molecular flexibility index (Phi) is 11.2. The van der Waals surface area contributed by atoms with Crippen LogP contribution in [-0.2, 0) is 4.79 Å². The van der Waals surface area contributed by atoms with Crippen molar-refractivity contribution in [1.29, 1.82) is 0 Å². The maximum atomic E-state index is 14.4. The molecule has 1 aliphatic carbocycles. The predicted octanol–water partition coefficient (Wildman–Crippen LogP) is 7.61. The number of hydrogen-bond donors (Lipinski definition) is 0. The predicted molar refractivity (Wildman–Crippen MR) is 116 cm³/mol. The topological polar surface area (TPSA) is 35.5 Å². The van der Waals surface area contributed by atoms with E-state index in [1.807, 2.05) is 0 Å². The van der Waals surface area contributed by atoms with Crippen LogP contribution in [0.1, 0.15) is 97.3 Å². The third-order valence-corrected chi connectivity index (χ3v) is 6.12.